The van der Waals surface area contributed by atoms with Gasteiger partial charge in [-0.2, -0.15) is 0 Å². The van der Waals surface area contributed by atoms with Crippen molar-refractivity contribution < 1.29 is 28.4 Å². The molecule has 1 saturated heterocycles. The Morgan fingerprint density at radius 2 is 1.45 bits per heavy atom. The van der Waals surface area contributed by atoms with Gasteiger partial charge in [-0.05, 0) is 12.8 Å². The zero-order chi connectivity index (χ0) is 15.9. The van der Waals surface area contributed by atoms with E-state index >= 15 is 0 Å². The largest absolute Gasteiger partial charge is 0.382 e. The normalized spacial score (nSPS) is 37.4. The molecule has 1 aliphatic carbocycles. The molecular weight excluding hydrogens is 288 g/mol. The highest BCUT2D eigenvalue weighted by Gasteiger charge is 2.48. The molecule has 6 heteroatoms. The minimum Gasteiger partial charge on any atom is -0.382 e. The molecule has 1 saturated carbocycles. The predicted octanol–water partition coefficient (Wildman–Crippen LogP) is 1.75. The summed E-state index contributed by atoms with van der Waals surface area (Å²) in [4.78, 5) is 0. The number of hydrogen-bond donors (Lipinski definition) is 0. The lowest BCUT2D eigenvalue weighted by molar-refractivity contribution is -0.323. The van der Waals surface area contributed by atoms with Crippen LogP contribution in [0, 0.1) is 0 Å². The van der Waals surface area contributed by atoms with Gasteiger partial charge in [-0.1, -0.05) is 19.3 Å². The Bertz CT molecular complexity index is 307. The van der Waals surface area contributed by atoms with Gasteiger partial charge < -0.3 is 28.4 Å². The molecule has 6 nitrogen and oxygen atoms in total. The molecule has 22 heavy (non-hydrogen) atoms. The molecule has 0 N–H and O–H groups in total. The zero-order valence-corrected chi connectivity index (χ0v) is 14.2. The second-order valence-electron chi connectivity index (χ2n) is 6.00. The zero-order valence-electron chi connectivity index (χ0n) is 14.2. The highest BCUT2D eigenvalue weighted by atomic mass is 16.7. The van der Waals surface area contributed by atoms with Crippen LogP contribution in [-0.2, 0) is 28.4 Å². The van der Waals surface area contributed by atoms with Crippen molar-refractivity contribution in [1.82, 2.24) is 0 Å². The summed E-state index contributed by atoms with van der Waals surface area (Å²) in [5.41, 5.74) is 0. The highest BCUT2D eigenvalue weighted by molar-refractivity contribution is 4.92. The Hall–Kier alpha value is -0.240. The van der Waals surface area contributed by atoms with E-state index in [0.29, 0.717) is 6.61 Å². The summed E-state index contributed by atoms with van der Waals surface area (Å²) in [5, 5.41) is 0. The van der Waals surface area contributed by atoms with Crippen LogP contribution in [0.2, 0.25) is 0 Å². The van der Waals surface area contributed by atoms with Gasteiger partial charge in [-0.25, -0.2) is 0 Å². The van der Waals surface area contributed by atoms with E-state index < -0.39 is 6.29 Å². The van der Waals surface area contributed by atoms with E-state index in [9.17, 15) is 0 Å². The first-order valence-corrected chi connectivity index (χ1v) is 8.13. The summed E-state index contributed by atoms with van der Waals surface area (Å²) < 4.78 is 34.4. The average Bonchev–Trinajstić information content (AvgIpc) is 2.55. The smallest absolute Gasteiger partial charge is 0.187 e. The maximum atomic E-state index is 6.20. The molecule has 0 radical (unpaired) electrons. The van der Waals surface area contributed by atoms with Crippen LogP contribution in [0.25, 0.3) is 0 Å². The van der Waals surface area contributed by atoms with Crippen LogP contribution < -0.4 is 0 Å². The van der Waals surface area contributed by atoms with Crippen LogP contribution in [0.5, 0.6) is 0 Å². The minimum absolute atomic E-state index is 0.233. The maximum absolute atomic E-state index is 6.20. The summed E-state index contributed by atoms with van der Waals surface area (Å²) >= 11 is 0. The number of ether oxygens (including phenoxy) is 6. The fourth-order valence-corrected chi connectivity index (χ4v) is 3.48. The van der Waals surface area contributed by atoms with Crippen molar-refractivity contribution in [3.8, 4) is 0 Å². The molecular formula is C16H30O6. The first-order valence-electron chi connectivity index (χ1n) is 8.13. The Morgan fingerprint density at radius 1 is 0.818 bits per heavy atom. The molecule has 0 amide bonds. The van der Waals surface area contributed by atoms with E-state index in [-0.39, 0.29) is 30.5 Å². The van der Waals surface area contributed by atoms with Crippen molar-refractivity contribution in [2.75, 3.05) is 35.0 Å². The molecule has 0 bridgehead atoms. The molecule has 2 fully saturated rings. The van der Waals surface area contributed by atoms with E-state index in [1.165, 1.54) is 19.3 Å². The quantitative estimate of drug-likeness (QED) is 0.713. The van der Waals surface area contributed by atoms with Crippen molar-refractivity contribution in [2.24, 2.45) is 0 Å². The SMILES string of the molecule is COC[C@@H]1O[C@@H](OC2CCCCC2)[C@H](OC)[C@H](OC)[C@H]1OC. The molecule has 2 aliphatic rings. The molecule has 0 aromatic heterocycles. The van der Waals surface area contributed by atoms with Crippen molar-refractivity contribution in [2.45, 2.75) is 68.9 Å². The number of methoxy groups -OCH3 is 4. The predicted molar refractivity (Wildman–Crippen MR) is 80.9 cm³/mol. The molecule has 2 rings (SSSR count). The second-order valence-corrected chi connectivity index (χ2v) is 6.00. The van der Waals surface area contributed by atoms with Crippen molar-refractivity contribution in [1.29, 1.82) is 0 Å². The summed E-state index contributed by atoms with van der Waals surface area (Å²) in [6, 6.07) is 0. The average molecular weight is 318 g/mol. The summed E-state index contributed by atoms with van der Waals surface area (Å²) in [7, 11) is 6.62. The lowest BCUT2D eigenvalue weighted by Crippen LogP contribution is -2.61. The number of hydrogen-bond acceptors (Lipinski definition) is 6. The van der Waals surface area contributed by atoms with Gasteiger partial charge in [0.1, 0.15) is 24.4 Å². The van der Waals surface area contributed by atoms with E-state index in [2.05, 4.69) is 0 Å². The Balaban J connectivity index is 2.08. The van der Waals surface area contributed by atoms with Crippen molar-refractivity contribution in [3.05, 3.63) is 0 Å². The Morgan fingerprint density at radius 3 is 2.00 bits per heavy atom. The summed E-state index contributed by atoms with van der Waals surface area (Å²) in [6.45, 7) is 0.430. The highest BCUT2D eigenvalue weighted by Crippen LogP contribution is 2.31. The van der Waals surface area contributed by atoms with Crippen LogP contribution in [0.4, 0.5) is 0 Å². The minimum atomic E-state index is -0.454. The lowest BCUT2D eigenvalue weighted by Gasteiger charge is -2.45. The fourth-order valence-electron chi connectivity index (χ4n) is 3.48. The van der Waals surface area contributed by atoms with Gasteiger partial charge in [0.25, 0.3) is 0 Å². The van der Waals surface area contributed by atoms with E-state index in [4.69, 9.17) is 28.4 Å². The van der Waals surface area contributed by atoms with E-state index in [1.54, 1.807) is 28.4 Å². The second kappa shape index (κ2) is 9.15. The van der Waals surface area contributed by atoms with Crippen molar-refractivity contribution in [3.63, 3.8) is 0 Å². The fraction of sp³-hybridized carbons (Fsp3) is 1.00. The van der Waals surface area contributed by atoms with Crippen LogP contribution in [0.3, 0.4) is 0 Å². The van der Waals surface area contributed by atoms with E-state index in [0.717, 1.165) is 12.8 Å². The molecule has 0 aromatic rings. The molecule has 0 aromatic carbocycles. The topological polar surface area (TPSA) is 55.4 Å². The molecule has 0 unspecified atom stereocenters. The van der Waals surface area contributed by atoms with Crippen LogP contribution in [-0.4, -0.2) is 71.9 Å². The van der Waals surface area contributed by atoms with Gasteiger partial charge in [0.15, 0.2) is 6.29 Å². The third-order valence-corrected chi connectivity index (χ3v) is 4.62. The van der Waals surface area contributed by atoms with Gasteiger partial charge in [0.2, 0.25) is 0 Å². The maximum Gasteiger partial charge on any atom is 0.187 e. The first kappa shape index (κ1) is 18.1. The lowest BCUT2D eigenvalue weighted by atomic mass is 9.96. The summed E-state index contributed by atoms with van der Waals surface area (Å²) in [6.07, 6.45) is 4.60. The number of rotatable bonds is 7. The monoisotopic (exact) mass is 318 g/mol. The van der Waals surface area contributed by atoms with Gasteiger partial charge >= 0.3 is 0 Å². The van der Waals surface area contributed by atoms with Gasteiger partial charge in [0, 0.05) is 28.4 Å². The molecule has 1 heterocycles. The van der Waals surface area contributed by atoms with Crippen LogP contribution >= 0.6 is 0 Å². The van der Waals surface area contributed by atoms with E-state index in [1.807, 2.05) is 0 Å². The standard InChI is InChI=1S/C16H30O6/c1-17-10-12-13(18-2)14(19-3)15(20-4)16(22-12)21-11-8-6-5-7-9-11/h11-16H,5-10H2,1-4H3/t12-,13-,14+,15+,16+/m0/s1. The van der Waals surface area contributed by atoms with Crippen LogP contribution in [0.15, 0.2) is 0 Å². The first-order chi connectivity index (χ1) is 10.7. The summed E-state index contributed by atoms with van der Waals surface area (Å²) in [5.74, 6) is 0. The van der Waals surface area contributed by atoms with Gasteiger partial charge in [-0.15, -0.1) is 0 Å². The third-order valence-electron chi connectivity index (χ3n) is 4.62. The Labute approximate surface area is 133 Å². The van der Waals surface area contributed by atoms with Crippen LogP contribution in [0.1, 0.15) is 32.1 Å². The molecule has 1 aliphatic heterocycles. The van der Waals surface area contributed by atoms with Crippen molar-refractivity contribution >= 4 is 0 Å². The van der Waals surface area contributed by atoms with Gasteiger partial charge in [-0.3, -0.25) is 0 Å². The molecule has 5 atom stereocenters. The molecule has 130 valence electrons. The molecule has 0 spiro atoms. The Kier molecular flexibility index (Phi) is 7.53. The third kappa shape index (κ3) is 4.19. The van der Waals surface area contributed by atoms with Gasteiger partial charge in [0.05, 0.1) is 12.7 Å².